The Morgan fingerprint density at radius 1 is 0.933 bits per heavy atom. The van der Waals surface area contributed by atoms with E-state index in [0.29, 0.717) is 23.5 Å². The molecule has 1 aliphatic heterocycles. The van der Waals surface area contributed by atoms with Crippen LogP contribution in [-0.4, -0.2) is 78.2 Å². The quantitative estimate of drug-likeness (QED) is 0.229. The number of halogens is 1. The molecule has 0 bridgehead atoms. The standard InChI is InChI=1S/C33H42FN7O4/c1-33(2,3)45-32(44)39-28-12-6-5-11-27(28)37-30(42)29-15-14-23(22-35-29)26(13-8-16-41-19-17-40(4)18-20-41)38-31(43)36-25-10-7-9-24(34)21-25/h5-7,9-12,14-15,21-22,26H,8,13,16-20H2,1-4H3,(H,37,42)(H,39,44)(H2,36,38,43). The molecular formula is C33H42FN7O4. The number of para-hydroxylation sites is 2. The minimum Gasteiger partial charge on any atom is -0.444 e. The lowest BCUT2D eigenvalue weighted by Gasteiger charge is -2.32. The van der Waals surface area contributed by atoms with Crippen LogP contribution in [0.1, 0.15) is 55.7 Å². The predicted octanol–water partition coefficient (Wildman–Crippen LogP) is 5.71. The number of benzene rings is 2. The Morgan fingerprint density at radius 2 is 1.64 bits per heavy atom. The van der Waals surface area contributed by atoms with E-state index in [4.69, 9.17) is 4.74 Å². The molecule has 1 unspecified atom stereocenters. The van der Waals surface area contributed by atoms with Gasteiger partial charge in [0.05, 0.1) is 17.4 Å². The van der Waals surface area contributed by atoms with Gasteiger partial charge >= 0.3 is 12.1 Å². The van der Waals surface area contributed by atoms with Gasteiger partial charge in [-0.15, -0.1) is 0 Å². The monoisotopic (exact) mass is 619 g/mol. The van der Waals surface area contributed by atoms with Crippen molar-refractivity contribution >= 4 is 35.1 Å². The number of rotatable bonds is 10. The lowest BCUT2D eigenvalue weighted by atomic mass is 10.0. The Bertz CT molecular complexity index is 1450. The van der Waals surface area contributed by atoms with Crippen molar-refractivity contribution in [2.75, 3.05) is 55.7 Å². The number of aromatic nitrogens is 1. The van der Waals surface area contributed by atoms with Crippen LogP contribution in [0.4, 0.5) is 31.0 Å². The zero-order valence-corrected chi connectivity index (χ0v) is 26.2. The number of amides is 4. The molecule has 1 saturated heterocycles. The summed E-state index contributed by atoms with van der Waals surface area (Å²) in [5, 5.41) is 11.1. The van der Waals surface area contributed by atoms with Crippen molar-refractivity contribution in [2.45, 2.75) is 45.3 Å². The number of urea groups is 1. The summed E-state index contributed by atoms with van der Waals surface area (Å²) in [4.78, 5) is 47.4. The number of nitrogens with zero attached hydrogens (tertiary/aromatic N) is 3. The van der Waals surface area contributed by atoms with E-state index in [9.17, 15) is 18.8 Å². The molecule has 240 valence electrons. The lowest BCUT2D eigenvalue weighted by Crippen LogP contribution is -2.44. The highest BCUT2D eigenvalue weighted by Gasteiger charge is 2.20. The average molecular weight is 620 g/mol. The highest BCUT2D eigenvalue weighted by Crippen LogP contribution is 2.24. The molecule has 4 N–H and O–H groups in total. The molecule has 4 amide bonds. The molecule has 45 heavy (non-hydrogen) atoms. The van der Waals surface area contributed by atoms with Gasteiger partial charge in [-0.3, -0.25) is 15.1 Å². The molecule has 3 aromatic rings. The molecule has 2 aromatic carbocycles. The van der Waals surface area contributed by atoms with Gasteiger partial charge in [0.25, 0.3) is 5.91 Å². The van der Waals surface area contributed by atoms with E-state index in [1.54, 1.807) is 69.4 Å². The van der Waals surface area contributed by atoms with Crippen LogP contribution >= 0.6 is 0 Å². The maximum absolute atomic E-state index is 13.6. The molecule has 0 radical (unpaired) electrons. The normalized spacial score (nSPS) is 14.7. The van der Waals surface area contributed by atoms with Crippen LogP contribution in [0.3, 0.4) is 0 Å². The second-order valence-corrected chi connectivity index (χ2v) is 12.1. The smallest absolute Gasteiger partial charge is 0.412 e. The summed E-state index contributed by atoms with van der Waals surface area (Å²) >= 11 is 0. The van der Waals surface area contributed by atoms with Crippen LogP contribution in [0.25, 0.3) is 0 Å². The highest BCUT2D eigenvalue weighted by molar-refractivity contribution is 6.05. The van der Waals surface area contributed by atoms with Crippen molar-refractivity contribution in [1.29, 1.82) is 0 Å². The first-order valence-corrected chi connectivity index (χ1v) is 15.1. The Morgan fingerprint density at radius 3 is 2.29 bits per heavy atom. The fraction of sp³-hybridized carbons (Fsp3) is 0.394. The maximum atomic E-state index is 13.6. The van der Waals surface area contributed by atoms with Crippen molar-refractivity contribution in [3.05, 3.63) is 83.9 Å². The second-order valence-electron chi connectivity index (χ2n) is 12.1. The number of anilines is 3. The lowest BCUT2D eigenvalue weighted by molar-refractivity contribution is 0.0635. The number of nitrogens with one attached hydrogen (secondary N) is 4. The molecule has 12 heteroatoms. The van der Waals surface area contributed by atoms with E-state index < -0.39 is 35.5 Å². The largest absolute Gasteiger partial charge is 0.444 e. The maximum Gasteiger partial charge on any atom is 0.412 e. The number of hydrogen-bond acceptors (Lipinski definition) is 7. The summed E-state index contributed by atoms with van der Waals surface area (Å²) in [5.74, 6) is -0.916. The summed E-state index contributed by atoms with van der Waals surface area (Å²) in [6.45, 7) is 10.2. The SMILES string of the molecule is CN1CCN(CCCC(NC(=O)Nc2cccc(F)c2)c2ccc(C(=O)Nc3ccccc3NC(=O)OC(C)(C)C)nc2)CC1. The van der Waals surface area contributed by atoms with E-state index in [1.165, 1.54) is 18.2 Å². The van der Waals surface area contributed by atoms with Crippen LogP contribution < -0.4 is 21.3 Å². The molecule has 2 heterocycles. The summed E-state index contributed by atoms with van der Waals surface area (Å²) in [6.07, 6.45) is 2.40. The predicted molar refractivity (Wildman–Crippen MR) is 173 cm³/mol. The van der Waals surface area contributed by atoms with Crippen molar-refractivity contribution in [3.8, 4) is 0 Å². The third kappa shape index (κ3) is 10.8. The van der Waals surface area contributed by atoms with Gasteiger partial charge in [0.15, 0.2) is 0 Å². The molecule has 0 saturated carbocycles. The first-order chi connectivity index (χ1) is 21.4. The second kappa shape index (κ2) is 15.4. The fourth-order valence-electron chi connectivity index (χ4n) is 4.85. The van der Waals surface area contributed by atoms with Gasteiger partial charge in [-0.05, 0) is 89.2 Å². The first-order valence-electron chi connectivity index (χ1n) is 15.1. The minimum atomic E-state index is -0.675. The van der Waals surface area contributed by atoms with Crippen LogP contribution in [0.2, 0.25) is 0 Å². The summed E-state index contributed by atoms with van der Waals surface area (Å²) in [5.41, 5.74) is 1.32. The summed E-state index contributed by atoms with van der Waals surface area (Å²) in [7, 11) is 2.12. The molecular weight excluding hydrogens is 577 g/mol. The van der Waals surface area contributed by atoms with E-state index >= 15 is 0 Å². The van der Waals surface area contributed by atoms with Gasteiger partial charge in [-0.25, -0.2) is 14.0 Å². The average Bonchev–Trinajstić information content (AvgIpc) is 2.98. The van der Waals surface area contributed by atoms with E-state index in [2.05, 4.69) is 43.1 Å². The van der Waals surface area contributed by atoms with Crippen LogP contribution in [0.5, 0.6) is 0 Å². The number of carbonyl (C=O) groups excluding carboxylic acids is 3. The van der Waals surface area contributed by atoms with Crippen molar-refractivity contribution in [1.82, 2.24) is 20.1 Å². The van der Waals surface area contributed by atoms with Crippen molar-refractivity contribution in [3.63, 3.8) is 0 Å². The third-order valence-electron chi connectivity index (χ3n) is 7.18. The number of pyridine rings is 1. The summed E-state index contributed by atoms with van der Waals surface area (Å²) < 4.78 is 19.0. The van der Waals surface area contributed by atoms with Gasteiger partial charge in [0.1, 0.15) is 17.1 Å². The van der Waals surface area contributed by atoms with Gasteiger partial charge in [-0.2, -0.15) is 0 Å². The molecule has 1 aliphatic rings. The van der Waals surface area contributed by atoms with Gasteiger partial charge in [-0.1, -0.05) is 24.3 Å². The molecule has 0 aliphatic carbocycles. The number of piperazine rings is 1. The van der Waals surface area contributed by atoms with Gasteiger partial charge in [0, 0.05) is 38.1 Å². The molecule has 1 aromatic heterocycles. The van der Waals surface area contributed by atoms with Crippen LogP contribution in [0.15, 0.2) is 66.9 Å². The Balaban J connectivity index is 1.42. The van der Waals surface area contributed by atoms with E-state index in [1.807, 2.05) is 0 Å². The number of likely N-dealkylation sites (N-methyl/N-ethyl adjacent to an activating group) is 1. The molecule has 11 nitrogen and oxygen atoms in total. The third-order valence-corrected chi connectivity index (χ3v) is 7.18. The number of hydrogen-bond donors (Lipinski definition) is 4. The zero-order valence-electron chi connectivity index (χ0n) is 26.2. The molecule has 1 fully saturated rings. The molecule has 4 rings (SSSR count). The molecule has 0 spiro atoms. The summed E-state index contributed by atoms with van der Waals surface area (Å²) in [6, 6.07) is 15.0. The minimum absolute atomic E-state index is 0.159. The molecule has 1 atom stereocenters. The Kier molecular flexibility index (Phi) is 11.4. The van der Waals surface area contributed by atoms with Crippen LogP contribution in [-0.2, 0) is 4.74 Å². The number of carbonyl (C=O) groups is 3. The fourth-order valence-corrected chi connectivity index (χ4v) is 4.85. The zero-order chi connectivity index (χ0) is 32.4. The Labute approximate surface area is 263 Å². The van der Waals surface area contributed by atoms with Crippen molar-refractivity contribution < 1.29 is 23.5 Å². The van der Waals surface area contributed by atoms with Crippen LogP contribution in [0, 0.1) is 5.82 Å². The topological polar surface area (TPSA) is 128 Å². The first kappa shape index (κ1) is 33.3. The van der Waals surface area contributed by atoms with Gasteiger partial charge < -0.3 is 30.5 Å². The number of ether oxygens (including phenoxy) is 1. The van der Waals surface area contributed by atoms with Crippen molar-refractivity contribution in [2.24, 2.45) is 0 Å². The highest BCUT2D eigenvalue weighted by atomic mass is 19.1. The Hall–Kier alpha value is -4.55. The van der Waals surface area contributed by atoms with Gasteiger partial charge in [0.2, 0.25) is 0 Å². The van der Waals surface area contributed by atoms with E-state index in [0.717, 1.165) is 44.7 Å². The van der Waals surface area contributed by atoms with E-state index in [-0.39, 0.29) is 5.69 Å².